The zero-order valence-electron chi connectivity index (χ0n) is 25.1. The number of methoxy groups -OCH3 is 2. The van der Waals surface area contributed by atoms with Gasteiger partial charge in [-0.15, -0.1) is 0 Å². The molecule has 0 unspecified atom stereocenters. The summed E-state index contributed by atoms with van der Waals surface area (Å²) in [6, 6.07) is 22.2. The largest absolute Gasteiger partial charge is 0.493 e. The molecule has 8 nitrogen and oxygen atoms in total. The Labute approximate surface area is 260 Å². The molecule has 0 radical (unpaired) electrons. The molecule has 5 rings (SSSR count). The topological polar surface area (TPSA) is 70.7 Å². The number of para-hydroxylation sites is 1. The van der Waals surface area contributed by atoms with Crippen LogP contribution in [0.4, 0.5) is 5.69 Å². The maximum absolute atomic E-state index is 6.58. The van der Waals surface area contributed by atoms with Crippen molar-refractivity contribution in [3.05, 3.63) is 82.9 Å². The number of nitrogens with zero attached hydrogens (tertiary/aromatic N) is 1. The Bertz CT molecular complexity index is 1280. The molecule has 0 aromatic heterocycles. The number of hydrogen-bond acceptors (Lipinski definition) is 8. The van der Waals surface area contributed by atoms with Crippen molar-refractivity contribution in [2.45, 2.75) is 37.6 Å². The summed E-state index contributed by atoms with van der Waals surface area (Å²) in [7, 11) is 3.51. The van der Waals surface area contributed by atoms with Gasteiger partial charge in [0, 0.05) is 52.8 Å². The lowest BCUT2D eigenvalue weighted by atomic mass is 9.85. The highest BCUT2D eigenvalue weighted by Gasteiger charge is 2.35. The summed E-state index contributed by atoms with van der Waals surface area (Å²) >= 11 is 6.16. The van der Waals surface area contributed by atoms with Crippen molar-refractivity contribution < 1.29 is 28.4 Å². The van der Waals surface area contributed by atoms with E-state index >= 15 is 0 Å². The normalized spacial score (nSPS) is 19.9. The number of rotatable bonds is 15. The molecule has 0 bridgehead atoms. The Kier molecular flexibility index (Phi) is 11.8. The van der Waals surface area contributed by atoms with E-state index in [9.17, 15) is 0 Å². The molecular formula is C34H43ClN2O6. The quantitative estimate of drug-likeness (QED) is 0.220. The minimum Gasteiger partial charge on any atom is -0.493 e. The van der Waals surface area contributed by atoms with Gasteiger partial charge >= 0.3 is 0 Å². The SMILES string of the molecule is COCCCN1CCOc2ccc(CO[C@H]3CNC[C@@H](OC)[C@@H]3c3ccc(OCCCOc4ccccc4Cl)cc3)cc21. The minimum absolute atomic E-state index is 0.000636. The monoisotopic (exact) mass is 610 g/mol. The Hall–Kier alpha value is -3.01. The fraction of sp³-hybridized carbons (Fsp3) is 0.471. The molecule has 232 valence electrons. The zero-order chi connectivity index (χ0) is 29.9. The van der Waals surface area contributed by atoms with Crippen molar-refractivity contribution >= 4 is 17.3 Å². The van der Waals surface area contributed by atoms with Crippen LogP contribution in [0.1, 0.15) is 29.9 Å². The molecule has 2 aliphatic rings. The Balaban J connectivity index is 1.16. The summed E-state index contributed by atoms with van der Waals surface area (Å²) < 4.78 is 35.4. The molecule has 0 amide bonds. The Morgan fingerprint density at radius 1 is 0.907 bits per heavy atom. The van der Waals surface area contributed by atoms with E-state index in [4.69, 9.17) is 40.0 Å². The van der Waals surface area contributed by atoms with Crippen LogP contribution in [-0.4, -0.2) is 79.0 Å². The second kappa shape index (κ2) is 16.2. The van der Waals surface area contributed by atoms with E-state index in [-0.39, 0.29) is 18.1 Å². The van der Waals surface area contributed by atoms with Crippen molar-refractivity contribution in [1.29, 1.82) is 0 Å². The van der Waals surface area contributed by atoms with Crippen LogP contribution in [0.25, 0.3) is 0 Å². The molecule has 0 aliphatic carbocycles. The number of nitrogens with one attached hydrogen (secondary N) is 1. The maximum Gasteiger partial charge on any atom is 0.142 e. The van der Waals surface area contributed by atoms with E-state index in [2.05, 4.69) is 40.5 Å². The van der Waals surface area contributed by atoms with Crippen molar-refractivity contribution in [2.24, 2.45) is 0 Å². The number of piperidine rings is 1. The van der Waals surface area contributed by atoms with E-state index in [1.54, 1.807) is 14.2 Å². The summed E-state index contributed by atoms with van der Waals surface area (Å²) in [5.74, 6) is 2.55. The van der Waals surface area contributed by atoms with Gasteiger partial charge in [0.05, 0.1) is 49.3 Å². The first-order chi connectivity index (χ1) is 21.2. The molecule has 3 aromatic carbocycles. The fourth-order valence-electron chi connectivity index (χ4n) is 5.71. The molecule has 1 fully saturated rings. The third-order valence-corrected chi connectivity index (χ3v) is 8.25. The number of benzene rings is 3. The maximum atomic E-state index is 6.58. The number of fused-ring (bicyclic) bond motifs is 1. The van der Waals surface area contributed by atoms with E-state index < -0.39 is 0 Å². The lowest BCUT2D eigenvalue weighted by Gasteiger charge is -2.38. The highest BCUT2D eigenvalue weighted by atomic mass is 35.5. The molecule has 9 heteroatoms. The van der Waals surface area contributed by atoms with Crippen LogP contribution < -0.4 is 24.4 Å². The summed E-state index contributed by atoms with van der Waals surface area (Å²) in [6.07, 6.45) is 1.69. The molecule has 43 heavy (non-hydrogen) atoms. The summed E-state index contributed by atoms with van der Waals surface area (Å²) in [5, 5.41) is 4.11. The average molecular weight is 611 g/mol. The van der Waals surface area contributed by atoms with Crippen LogP contribution in [0, 0.1) is 0 Å². The van der Waals surface area contributed by atoms with Gasteiger partial charge in [-0.1, -0.05) is 41.9 Å². The van der Waals surface area contributed by atoms with Gasteiger partial charge in [0.2, 0.25) is 0 Å². The highest BCUT2D eigenvalue weighted by Crippen LogP contribution is 2.35. The zero-order valence-corrected chi connectivity index (χ0v) is 25.9. The molecule has 1 N–H and O–H groups in total. The highest BCUT2D eigenvalue weighted by molar-refractivity contribution is 6.32. The van der Waals surface area contributed by atoms with Crippen LogP contribution >= 0.6 is 11.6 Å². The molecule has 0 saturated carbocycles. The van der Waals surface area contributed by atoms with Gasteiger partial charge < -0.3 is 38.6 Å². The summed E-state index contributed by atoms with van der Waals surface area (Å²) in [4.78, 5) is 2.38. The van der Waals surface area contributed by atoms with Gasteiger partial charge in [0.25, 0.3) is 0 Å². The lowest BCUT2D eigenvalue weighted by Crippen LogP contribution is -2.50. The first-order valence-electron chi connectivity index (χ1n) is 15.1. The van der Waals surface area contributed by atoms with Crippen LogP contribution in [-0.2, 0) is 20.8 Å². The lowest BCUT2D eigenvalue weighted by molar-refractivity contribution is -0.0463. The molecule has 3 aromatic rings. The fourth-order valence-corrected chi connectivity index (χ4v) is 5.90. The van der Waals surface area contributed by atoms with Gasteiger partial charge in [-0.3, -0.25) is 0 Å². The third kappa shape index (κ3) is 8.55. The van der Waals surface area contributed by atoms with Crippen LogP contribution in [0.2, 0.25) is 5.02 Å². The molecule has 2 aliphatic heterocycles. The minimum atomic E-state index is -0.0440. The number of hydrogen-bond donors (Lipinski definition) is 1. The smallest absolute Gasteiger partial charge is 0.142 e. The molecular weight excluding hydrogens is 568 g/mol. The standard InChI is InChI=1S/C34H43ClN2O6/c1-38-17-5-15-37-16-20-42-31-14-9-25(21-29(31)37)24-43-33-23-36-22-32(39-2)34(33)26-10-12-27(13-11-26)40-18-6-19-41-30-8-4-3-7-28(30)35/h3-4,7-14,21,32-34,36H,5-6,15-20,22-24H2,1-2H3/t32-,33+,34+/m1/s1. The first kappa shape index (κ1) is 31.4. The van der Waals surface area contributed by atoms with E-state index in [1.807, 2.05) is 36.4 Å². The van der Waals surface area contributed by atoms with Gasteiger partial charge in [-0.2, -0.15) is 0 Å². The summed E-state index contributed by atoms with van der Waals surface area (Å²) in [5.41, 5.74) is 3.43. The number of ether oxygens (including phenoxy) is 6. The van der Waals surface area contributed by atoms with Crippen molar-refractivity contribution in [3.63, 3.8) is 0 Å². The number of anilines is 1. The van der Waals surface area contributed by atoms with Crippen molar-refractivity contribution in [1.82, 2.24) is 5.32 Å². The predicted octanol–water partition coefficient (Wildman–Crippen LogP) is 5.71. The number of halogens is 1. The van der Waals surface area contributed by atoms with Gasteiger partial charge in [-0.05, 0) is 53.9 Å². The molecule has 3 atom stereocenters. The summed E-state index contributed by atoms with van der Waals surface area (Å²) in [6.45, 7) is 6.40. The Morgan fingerprint density at radius 3 is 2.53 bits per heavy atom. The van der Waals surface area contributed by atoms with Gasteiger partial charge in [0.15, 0.2) is 0 Å². The van der Waals surface area contributed by atoms with Crippen LogP contribution in [0.15, 0.2) is 66.7 Å². The third-order valence-electron chi connectivity index (χ3n) is 7.93. The average Bonchev–Trinajstić information content (AvgIpc) is 3.04. The van der Waals surface area contributed by atoms with Crippen LogP contribution in [0.5, 0.6) is 17.2 Å². The molecule has 1 saturated heterocycles. The molecule has 0 spiro atoms. The molecule has 2 heterocycles. The van der Waals surface area contributed by atoms with Gasteiger partial charge in [-0.25, -0.2) is 0 Å². The predicted molar refractivity (Wildman–Crippen MR) is 169 cm³/mol. The van der Waals surface area contributed by atoms with Crippen LogP contribution in [0.3, 0.4) is 0 Å². The second-order valence-electron chi connectivity index (χ2n) is 10.8. The van der Waals surface area contributed by atoms with Crippen molar-refractivity contribution in [2.75, 3.05) is 71.7 Å². The Morgan fingerprint density at radius 2 is 1.72 bits per heavy atom. The van der Waals surface area contributed by atoms with E-state index in [1.165, 1.54) is 5.56 Å². The first-order valence-corrected chi connectivity index (χ1v) is 15.5. The van der Waals surface area contributed by atoms with Gasteiger partial charge in [0.1, 0.15) is 23.9 Å². The van der Waals surface area contributed by atoms with E-state index in [0.717, 1.165) is 68.4 Å². The van der Waals surface area contributed by atoms with E-state index in [0.29, 0.717) is 37.2 Å². The second-order valence-corrected chi connectivity index (χ2v) is 11.2. The van der Waals surface area contributed by atoms with Crippen molar-refractivity contribution in [3.8, 4) is 17.2 Å².